The van der Waals surface area contributed by atoms with Crippen LogP contribution in [-0.4, -0.2) is 36.0 Å². The van der Waals surface area contributed by atoms with Gasteiger partial charge in [-0.05, 0) is 32.7 Å². The summed E-state index contributed by atoms with van der Waals surface area (Å²) in [5.74, 6) is 0.320. The molecule has 0 aromatic rings. The number of likely N-dealkylation sites (tertiary alicyclic amines) is 1. The predicted octanol–water partition coefficient (Wildman–Crippen LogP) is 1.14. The van der Waals surface area contributed by atoms with Crippen molar-refractivity contribution in [2.75, 3.05) is 13.6 Å². The second-order valence-electron chi connectivity index (χ2n) is 4.81. The molecule has 80 valence electrons. The van der Waals surface area contributed by atoms with E-state index in [0.29, 0.717) is 11.9 Å². The largest absolute Gasteiger partial charge is 0.339 e. The normalized spacial score (nSPS) is 39.1. The molecule has 3 nitrogen and oxygen atoms in total. The lowest BCUT2D eigenvalue weighted by Crippen LogP contribution is -2.55. The van der Waals surface area contributed by atoms with Crippen LogP contribution in [0.5, 0.6) is 0 Å². The zero-order valence-corrected chi connectivity index (χ0v) is 9.18. The Labute approximate surface area is 85.8 Å². The fraction of sp³-hybridized carbons (Fsp3) is 0.909. The van der Waals surface area contributed by atoms with Crippen LogP contribution in [0, 0.1) is 0 Å². The van der Waals surface area contributed by atoms with Gasteiger partial charge in [-0.2, -0.15) is 0 Å². The van der Waals surface area contributed by atoms with E-state index in [4.69, 9.17) is 0 Å². The fourth-order valence-electron chi connectivity index (χ4n) is 2.79. The molecule has 0 aliphatic carbocycles. The summed E-state index contributed by atoms with van der Waals surface area (Å²) in [6.45, 7) is 3.28. The van der Waals surface area contributed by atoms with Crippen LogP contribution in [0.1, 0.15) is 39.0 Å². The summed E-state index contributed by atoms with van der Waals surface area (Å²) in [6.07, 6.45) is 5.29. The molecule has 0 radical (unpaired) electrons. The van der Waals surface area contributed by atoms with Crippen molar-refractivity contribution in [3.8, 4) is 0 Å². The highest BCUT2D eigenvalue weighted by atomic mass is 16.2. The van der Waals surface area contributed by atoms with Crippen LogP contribution in [0.15, 0.2) is 0 Å². The Bertz CT molecular complexity index is 241. The lowest BCUT2D eigenvalue weighted by atomic mass is 9.85. The Hall–Kier alpha value is -0.570. The highest BCUT2D eigenvalue weighted by molar-refractivity contribution is 5.77. The number of hydrogen-bond acceptors (Lipinski definition) is 2. The zero-order chi connectivity index (χ0) is 10.2. The molecule has 1 amide bonds. The van der Waals surface area contributed by atoms with Crippen LogP contribution in [0.3, 0.4) is 0 Å². The van der Waals surface area contributed by atoms with Gasteiger partial charge < -0.3 is 10.2 Å². The van der Waals surface area contributed by atoms with E-state index < -0.39 is 0 Å². The van der Waals surface area contributed by atoms with Crippen molar-refractivity contribution >= 4 is 5.91 Å². The van der Waals surface area contributed by atoms with E-state index in [9.17, 15) is 4.79 Å². The van der Waals surface area contributed by atoms with Crippen LogP contribution in [0.2, 0.25) is 0 Å². The average Bonchev–Trinajstić information content (AvgIpc) is 2.53. The van der Waals surface area contributed by atoms with Crippen LogP contribution < -0.4 is 5.32 Å². The summed E-state index contributed by atoms with van der Waals surface area (Å²) in [4.78, 5) is 13.8. The molecule has 0 spiro atoms. The van der Waals surface area contributed by atoms with Gasteiger partial charge in [0.25, 0.3) is 0 Å². The highest BCUT2D eigenvalue weighted by Gasteiger charge is 2.43. The van der Waals surface area contributed by atoms with Crippen LogP contribution >= 0.6 is 0 Å². The second kappa shape index (κ2) is 3.54. The van der Waals surface area contributed by atoms with Crippen molar-refractivity contribution in [1.82, 2.24) is 10.2 Å². The highest BCUT2D eigenvalue weighted by Crippen LogP contribution is 2.32. The van der Waals surface area contributed by atoms with Crippen molar-refractivity contribution in [2.45, 2.75) is 50.6 Å². The summed E-state index contributed by atoms with van der Waals surface area (Å²) in [6, 6.07) is 0.511. The van der Waals surface area contributed by atoms with E-state index in [2.05, 4.69) is 12.2 Å². The Morgan fingerprint density at radius 1 is 1.50 bits per heavy atom. The average molecular weight is 196 g/mol. The SMILES string of the molecule is CN1C(=O)CCCC[C@@H]2NCC[C@@]21C. The molecule has 2 atom stereocenters. The maximum atomic E-state index is 11.8. The van der Waals surface area contributed by atoms with Gasteiger partial charge in [-0.1, -0.05) is 6.42 Å². The number of carbonyl (C=O) groups excluding carboxylic acids is 1. The van der Waals surface area contributed by atoms with E-state index in [0.717, 1.165) is 25.8 Å². The number of amides is 1. The van der Waals surface area contributed by atoms with Crippen LogP contribution in [0.25, 0.3) is 0 Å². The lowest BCUT2D eigenvalue weighted by molar-refractivity contribution is -0.136. The van der Waals surface area contributed by atoms with Crippen molar-refractivity contribution in [3.05, 3.63) is 0 Å². The zero-order valence-electron chi connectivity index (χ0n) is 9.18. The maximum absolute atomic E-state index is 11.8. The number of nitrogens with zero attached hydrogens (tertiary/aromatic N) is 1. The standard InChI is InChI=1S/C11H20N2O/c1-11-7-8-12-9(11)5-3-4-6-10(14)13(11)2/h9,12H,3-8H2,1-2H3/t9-,11-/m0/s1. The molecule has 14 heavy (non-hydrogen) atoms. The third-order valence-corrected chi connectivity index (χ3v) is 4.05. The van der Waals surface area contributed by atoms with Gasteiger partial charge in [0.2, 0.25) is 5.91 Å². The minimum atomic E-state index is 0.0670. The number of hydrogen-bond donors (Lipinski definition) is 1. The number of rotatable bonds is 0. The van der Waals surface area contributed by atoms with E-state index >= 15 is 0 Å². The first kappa shape index (κ1) is 9.97. The Balaban J connectivity index is 2.21. The molecular weight excluding hydrogens is 176 g/mol. The van der Waals surface area contributed by atoms with Gasteiger partial charge in [-0.25, -0.2) is 0 Å². The molecule has 0 aromatic carbocycles. The molecule has 2 aliphatic heterocycles. The summed E-state index contributed by atoms with van der Waals surface area (Å²) in [5, 5.41) is 3.52. The van der Waals surface area contributed by atoms with Crippen molar-refractivity contribution < 1.29 is 4.79 Å². The number of carbonyl (C=O) groups is 1. The molecule has 0 unspecified atom stereocenters. The Morgan fingerprint density at radius 3 is 3.07 bits per heavy atom. The maximum Gasteiger partial charge on any atom is 0.222 e. The molecule has 0 saturated carbocycles. The fourth-order valence-corrected chi connectivity index (χ4v) is 2.79. The summed E-state index contributed by atoms with van der Waals surface area (Å²) < 4.78 is 0. The summed E-state index contributed by atoms with van der Waals surface area (Å²) in [7, 11) is 1.97. The minimum absolute atomic E-state index is 0.0670. The lowest BCUT2D eigenvalue weighted by Gasteiger charge is -2.41. The van der Waals surface area contributed by atoms with Crippen LogP contribution in [-0.2, 0) is 4.79 Å². The molecular formula is C11H20N2O. The van der Waals surface area contributed by atoms with Gasteiger partial charge in [0, 0.05) is 19.5 Å². The van der Waals surface area contributed by atoms with Gasteiger partial charge >= 0.3 is 0 Å². The number of likely N-dealkylation sites (N-methyl/N-ethyl adjacent to an activating group) is 1. The Morgan fingerprint density at radius 2 is 2.29 bits per heavy atom. The van der Waals surface area contributed by atoms with Gasteiger partial charge in [-0.3, -0.25) is 4.79 Å². The van der Waals surface area contributed by atoms with Crippen molar-refractivity contribution in [1.29, 1.82) is 0 Å². The molecule has 1 N–H and O–H groups in total. The summed E-state index contributed by atoms with van der Waals surface area (Å²) in [5.41, 5.74) is 0.0670. The molecule has 2 heterocycles. The summed E-state index contributed by atoms with van der Waals surface area (Å²) >= 11 is 0. The first-order valence-corrected chi connectivity index (χ1v) is 5.64. The topological polar surface area (TPSA) is 32.3 Å². The predicted molar refractivity (Wildman–Crippen MR) is 56.1 cm³/mol. The van der Waals surface area contributed by atoms with Crippen molar-refractivity contribution in [3.63, 3.8) is 0 Å². The first-order valence-electron chi connectivity index (χ1n) is 5.64. The van der Waals surface area contributed by atoms with Gasteiger partial charge in [0.05, 0.1) is 5.54 Å². The molecule has 2 aliphatic rings. The second-order valence-corrected chi connectivity index (χ2v) is 4.81. The van der Waals surface area contributed by atoms with Crippen LogP contribution in [0.4, 0.5) is 0 Å². The van der Waals surface area contributed by atoms with E-state index in [1.54, 1.807) is 0 Å². The molecule has 2 fully saturated rings. The minimum Gasteiger partial charge on any atom is -0.339 e. The third kappa shape index (κ3) is 1.44. The van der Waals surface area contributed by atoms with Gasteiger partial charge in [-0.15, -0.1) is 0 Å². The molecule has 2 rings (SSSR count). The monoisotopic (exact) mass is 196 g/mol. The van der Waals surface area contributed by atoms with Crippen molar-refractivity contribution in [2.24, 2.45) is 0 Å². The first-order chi connectivity index (χ1) is 6.64. The van der Waals surface area contributed by atoms with E-state index in [-0.39, 0.29) is 5.54 Å². The van der Waals surface area contributed by atoms with Gasteiger partial charge in [0.1, 0.15) is 0 Å². The third-order valence-electron chi connectivity index (χ3n) is 4.05. The smallest absolute Gasteiger partial charge is 0.222 e. The van der Waals surface area contributed by atoms with E-state index in [1.165, 1.54) is 12.8 Å². The molecule has 3 heteroatoms. The molecule has 0 aromatic heterocycles. The Kier molecular flexibility index (Phi) is 2.52. The quantitative estimate of drug-likeness (QED) is 0.630. The van der Waals surface area contributed by atoms with Gasteiger partial charge in [0.15, 0.2) is 0 Å². The number of fused-ring (bicyclic) bond motifs is 1. The van der Waals surface area contributed by atoms with E-state index in [1.807, 2.05) is 11.9 Å². The molecule has 2 saturated heterocycles. The number of nitrogens with one attached hydrogen (secondary N) is 1. The molecule has 0 bridgehead atoms.